The van der Waals surface area contributed by atoms with Crippen LogP contribution in [-0.2, 0) is 10.0 Å². The van der Waals surface area contributed by atoms with Crippen molar-refractivity contribution in [3.05, 3.63) is 66.4 Å². The van der Waals surface area contributed by atoms with Crippen LogP contribution >= 0.6 is 0 Å². The lowest BCUT2D eigenvalue weighted by Gasteiger charge is -2.24. The molecule has 0 amide bonds. The lowest BCUT2D eigenvalue weighted by Crippen LogP contribution is -2.44. The molecule has 10 heteroatoms. The van der Waals surface area contributed by atoms with Gasteiger partial charge in [-0.05, 0) is 42.5 Å². The van der Waals surface area contributed by atoms with Gasteiger partial charge in [-0.25, -0.2) is 19.0 Å². The van der Waals surface area contributed by atoms with Crippen molar-refractivity contribution in [3.63, 3.8) is 0 Å². The maximum Gasteiger partial charge on any atom is 0.409 e. The summed E-state index contributed by atoms with van der Waals surface area (Å²) >= 11 is 0. The predicted octanol–water partition coefficient (Wildman–Crippen LogP) is 3.11. The van der Waals surface area contributed by atoms with E-state index in [1.165, 1.54) is 29.3 Å². The van der Waals surface area contributed by atoms with Crippen molar-refractivity contribution in [1.82, 2.24) is 10.4 Å². The van der Waals surface area contributed by atoms with Crippen molar-refractivity contribution in [2.75, 3.05) is 5.01 Å². The number of sulfonamides is 1. The standard InChI is InChI=1S/C18H15F3N4O2S/c19-18(20,21)17-10-16(15-9-11-3-1-2-4-14(11)23-15)25(24-17)12-5-7-13(8-6-12)28(22,26)27/h1-10,17,23-24H,(H2,22,26,27). The van der Waals surface area contributed by atoms with E-state index in [0.29, 0.717) is 11.4 Å². The fourth-order valence-corrected chi connectivity index (χ4v) is 3.58. The van der Waals surface area contributed by atoms with Gasteiger partial charge in [0, 0.05) is 10.9 Å². The molecular weight excluding hydrogens is 393 g/mol. The monoisotopic (exact) mass is 408 g/mol. The van der Waals surface area contributed by atoms with Crippen LogP contribution in [0, 0.1) is 0 Å². The van der Waals surface area contributed by atoms with Crippen LogP contribution in [0.5, 0.6) is 0 Å². The SMILES string of the molecule is NS(=O)(=O)c1ccc(N2NC(C(F)(F)F)C=C2c2cc3ccccc3[nH]2)cc1. The van der Waals surface area contributed by atoms with Gasteiger partial charge in [-0.15, -0.1) is 0 Å². The minimum atomic E-state index is -4.49. The summed E-state index contributed by atoms with van der Waals surface area (Å²) in [6.07, 6.45) is -3.41. The molecule has 28 heavy (non-hydrogen) atoms. The average Bonchev–Trinajstić information content (AvgIpc) is 3.25. The summed E-state index contributed by atoms with van der Waals surface area (Å²) in [5, 5.41) is 7.21. The van der Waals surface area contributed by atoms with Crippen molar-refractivity contribution in [2.24, 2.45) is 5.14 Å². The minimum absolute atomic E-state index is 0.126. The Balaban J connectivity index is 1.77. The van der Waals surface area contributed by atoms with Gasteiger partial charge in [-0.3, -0.25) is 5.01 Å². The number of halogens is 3. The molecule has 0 bridgehead atoms. The van der Waals surface area contributed by atoms with E-state index in [1.54, 1.807) is 6.07 Å². The number of primary sulfonamides is 1. The van der Waals surface area contributed by atoms with Gasteiger partial charge in [0.25, 0.3) is 0 Å². The third-order valence-electron chi connectivity index (χ3n) is 4.42. The lowest BCUT2D eigenvalue weighted by atomic mass is 10.2. The summed E-state index contributed by atoms with van der Waals surface area (Å²) in [5.41, 5.74) is 4.32. The smallest absolute Gasteiger partial charge is 0.353 e. The molecule has 6 nitrogen and oxygen atoms in total. The van der Waals surface area contributed by atoms with Crippen LogP contribution in [-0.4, -0.2) is 25.6 Å². The molecule has 0 aliphatic carbocycles. The Kier molecular flexibility index (Phi) is 4.21. The Labute approximate surface area is 158 Å². The number of aromatic nitrogens is 1. The van der Waals surface area contributed by atoms with Gasteiger partial charge in [-0.1, -0.05) is 18.2 Å². The van der Waals surface area contributed by atoms with Gasteiger partial charge < -0.3 is 4.98 Å². The first-order chi connectivity index (χ1) is 13.1. The Morgan fingerprint density at radius 1 is 1.04 bits per heavy atom. The molecule has 1 unspecified atom stereocenters. The van der Waals surface area contributed by atoms with Crippen molar-refractivity contribution >= 4 is 32.3 Å². The number of rotatable bonds is 3. The van der Waals surface area contributed by atoms with Crippen LogP contribution in [0.3, 0.4) is 0 Å². The Bertz CT molecular complexity index is 1130. The number of aromatic amines is 1. The molecule has 0 saturated heterocycles. The molecule has 2 aromatic carbocycles. The molecule has 0 radical (unpaired) electrons. The number of nitrogens with two attached hydrogens (primary N) is 1. The maximum absolute atomic E-state index is 13.3. The molecule has 4 rings (SSSR count). The largest absolute Gasteiger partial charge is 0.409 e. The number of anilines is 1. The lowest BCUT2D eigenvalue weighted by molar-refractivity contribution is -0.142. The second-order valence-electron chi connectivity index (χ2n) is 6.34. The second-order valence-corrected chi connectivity index (χ2v) is 7.91. The highest BCUT2D eigenvalue weighted by Crippen LogP contribution is 2.35. The number of para-hydroxylation sites is 1. The summed E-state index contributed by atoms with van der Waals surface area (Å²) in [6.45, 7) is 0. The van der Waals surface area contributed by atoms with Crippen molar-refractivity contribution in [2.45, 2.75) is 17.1 Å². The topological polar surface area (TPSA) is 91.2 Å². The van der Waals surface area contributed by atoms with E-state index in [2.05, 4.69) is 10.4 Å². The zero-order valence-electron chi connectivity index (χ0n) is 14.2. The van der Waals surface area contributed by atoms with Crippen molar-refractivity contribution in [1.29, 1.82) is 0 Å². The molecule has 0 saturated carbocycles. The van der Waals surface area contributed by atoms with Gasteiger partial charge in [-0.2, -0.15) is 13.2 Å². The van der Waals surface area contributed by atoms with E-state index in [9.17, 15) is 21.6 Å². The van der Waals surface area contributed by atoms with E-state index in [0.717, 1.165) is 17.0 Å². The third-order valence-corrected chi connectivity index (χ3v) is 5.34. The number of H-pyrrole nitrogens is 1. The third kappa shape index (κ3) is 3.37. The fraction of sp³-hybridized carbons (Fsp3) is 0.111. The Morgan fingerprint density at radius 3 is 2.32 bits per heavy atom. The fourth-order valence-electron chi connectivity index (χ4n) is 3.07. The number of hydrazine groups is 1. The maximum atomic E-state index is 13.3. The first-order valence-electron chi connectivity index (χ1n) is 8.19. The number of hydrogen-bond acceptors (Lipinski definition) is 4. The summed E-state index contributed by atoms with van der Waals surface area (Å²) < 4.78 is 62.8. The summed E-state index contributed by atoms with van der Waals surface area (Å²) in [4.78, 5) is 2.99. The molecule has 1 aliphatic heterocycles. The van der Waals surface area contributed by atoms with E-state index >= 15 is 0 Å². The normalized spacial score (nSPS) is 17.9. The average molecular weight is 408 g/mol. The van der Waals surface area contributed by atoms with Gasteiger partial charge in [0.05, 0.1) is 22.0 Å². The molecule has 2 heterocycles. The number of hydrogen-bond donors (Lipinski definition) is 3. The Morgan fingerprint density at radius 2 is 1.71 bits per heavy atom. The second kappa shape index (κ2) is 6.36. The molecule has 0 spiro atoms. The quantitative estimate of drug-likeness (QED) is 0.621. The molecule has 1 atom stereocenters. The van der Waals surface area contributed by atoms with E-state index in [1.807, 2.05) is 24.3 Å². The minimum Gasteiger partial charge on any atom is -0.353 e. The van der Waals surface area contributed by atoms with Crippen LogP contribution in [0.25, 0.3) is 16.6 Å². The molecule has 1 aromatic heterocycles. The summed E-state index contributed by atoms with van der Waals surface area (Å²) in [6, 6.07) is 12.5. The van der Waals surface area contributed by atoms with E-state index in [4.69, 9.17) is 5.14 Å². The van der Waals surface area contributed by atoms with Crippen molar-refractivity contribution < 1.29 is 21.6 Å². The van der Waals surface area contributed by atoms with Crippen LogP contribution in [0.4, 0.5) is 18.9 Å². The molecular formula is C18H15F3N4O2S. The highest BCUT2D eigenvalue weighted by Gasteiger charge is 2.44. The van der Waals surface area contributed by atoms with Crippen LogP contribution in [0.2, 0.25) is 0 Å². The Hall–Kier alpha value is -2.82. The molecule has 146 valence electrons. The predicted molar refractivity (Wildman–Crippen MR) is 99.5 cm³/mol. The van der Waals surface area contributed by atoms with Crippen LogP contribution in [0.1, 0.15) is 5.69 Å². The number of nitrogens with one attached hydrogen (secondary N) is 2. The van der Waals surface area contributed by atoms with E-state index < -0.39 is 22.2 Å². The molecule has 0 fully saturated rings. The first kappa shape index (κ1) is 18.5. The zero-order valence-corrected chi connectivity index (χ0v) is 15.1. The van der Waals surface area contributed by atoms with Gasteiger partial charge >= 0.3 is 6.18 Å². The molecule has 4 N–H and O–H groups in total. The van der Waals surface area contributed by atoms with Gasteiger partial charge in [0.2, 0.25) is 10.0 Å². The highest BCUT2D eigenvalue weighted by atomic mass is 32.2. The number of alkyl halides is 3. The number of fused-ring (bicyclic) bond motifs is 1. The molecule has 1 aliphatic rings. The van der Waals surface area contributed by atoms with Gasteiger partial charge in [0.15, 0.2) is 0 Å². The van der Waals surface area contributed by atoms with Crippen LogP contribution < -0.4 is 15.6 Å². The van der Waals surface area contributed by atoms with Crippen molar-refractivity contribution in [3.8, 4) is 0 Å². The van der Waals surface area contributed by atoms with Gasteiger partial charge in [0.1, 0.15) is 6.04 Å². The zero-order chi connectivity index (χ0) is 20.1. The summed E-state index contributed by atoms with van der Waals surface area (Å²) in [7, 11) is -3.90. The highest BCUT2D eigenvalue weighted by molar-refractivity contribution is 7.89. The summed E-state index contributed by atoms with van der Waals surface area (Å²) in [5.74, 6) is 0. The number of nitrogens with zero attached hydrogens (tertiary/aromatic N) is 1. The first-order valence-corrected chi connectivity index (χ1v) is 9.73. The van der Waals surface area contributed by atoms with Crippen LogP contribution in [0.15, 0.2) is 65.6 Å². The van der Waals surface area contributed by atoms with E-state index in [-0.39, 0.29) is 10.6 Å². The molecule has 3 aromatic rings. The number of benzene rings is 2.